The lowest BCUT2D eigenvalue weighted by Gasteiger charge is -2.26. The van der Waals surface area contributed by atoms with Gasteiger partial charge >= 0.3 is 0 Å². The van der Waals surface area contributed by atoms with Crippen LogP contribution in [0.15, 0.2) is 0 Å². The zero-order valence-electron chi connectivity index (χ0n) is 8.42. The van der Waals surface area contributed by atoms with Crippen molar-refractivity contribution in [2.75, 3.05) is 19.6 Å². The Kier molecular flexibility index (Phi) is 4.62. The van der Waals surface area contributed by atoms with E-state index >= 15 is 0 Å². The van der Waals surface area contributed by atoms with Crippen molar-refractivity contribution in [3.8, 4) is 0 Å². The Labute approximate surface area is 76.3 Å². The van der Waals surface area contributed by atoms with E-state index in [0.717, 1.165) is 13.1 Å². The maximum absolute atomic E-state index is 4.59. The van der Waals surface area contributed by atoms with Crippen LogP contribution in [0.5, 0.6) is 0 Å². The highest BCUT2D eigenvalue weighted by Crippen LogP contribution is 2.12. The summed E-state index contributed by atoms with van der Waals surface area (Å²) in [4.78, 5) is 2.51. The molecule has 0 bridgehead atoms. The molecule has 0 saturated carbocycles. The van der Waals surface area contributed by atoms with Crippen molar-refractivity contribution in [1.82, 2.24) is 10.2 Å². The molecule has 2 heteroatoms. The molecule has 2 nitrogen and oxygen atoms in total. The molecule has 0 aromatic carbocycles. The van der Waals surface area contributed by atoms with E-state index in [1.165, 1.54) is 32.2 Å². The summed E-state index contributed by atoms with van der Waals surface area (Å²) < 4.78 is 0. The lowest BCUT2D eigenvalue weighted by molar-refractivity contribution is 0.185. The predicted octanol–water partition coefficient (Wildman–Crippen LogP) is 1.83. The Morgan fingerprint density at radius 1 is 1.42 bits per heavy atom. The molecular formula is C10H21N2. The zero-order valence-corrected chi connectivity index (χ0v) is 8.42. The summed E-state index contributed by atoms with van der Waals surface area (Å²) in [5.74, 6) is 0. The smallest absolute Gasteiger partial charge is 0.0761 e. The lowest BCUT2D eigenvalue weighted by Crippen LogP contribution is -2.38. The van der Waals surface area contributed by atoms with E-state index in [0.29, 0.717) is 6.17 Å². The molecule has 12 heavy (non-hydrogen) atoms. The normalized spacial score (nSPS) is 23.8. The van der Waals surface area contributed by atoms with E-state index in [-0.39, 0.29) is 0 Å². The minimum atomic E-state index is 0.557. The SMILES string of the molecule is CCCCN(CC)C1CCC[N]1. The van der Waals surface area contributed by atoms with E-state index in [4.69, 9.17) is 0 Å². The highest BCUT2D eigenvalue weighted by Gasteiger charge is 2.20. The Balaban J connectivity index is 2.22. The van der Waals surface area contributed by atoms with Crippen molar-refractivity contribution in [3.05, 3.63) is 0 Å². The topological polar surface area (TPSA) is 17.3 Å². The van der Waals surface area contributed by atoms with Crippen LogP contribution in [0.4, 0.5) is 0 Å². The molecule has 1 radical (unpaired) electrons. The van der Waals surface area contributed by atoms with Crippen molar-refractivity contribution >= 4 is 0 Å². The predicted molar refractivity (Wildman–Crippen MR) is 52.2 cm³/mol. The van der Waals surface area contributed by atoms with Gasteiger partial charge in [-0.05, 0) is 32.4 Å². The molecule has 1 atom stereocenters. The highest BCUT2D eigenvalue weighted by molar-refractivity contribution is 4.74. The molecule has 0 N–H and O–H groups in total. The third kappa shape index (κ3) is 2.76. The van der Waals surface area contributed by atoms with E-state index in [1.54, 1.807) is 0 Å². The molecule has 0 amide bonds. The van der Waals surface area contributed by atoms with E-state index in [2.05, 4.69) is 24.1 Å². The van der Waals surface area contributed by atoms with Gasteiger partial charge in [0.15, 0.2) is 0 Å². The summed E-state index contributed by atoms with van der Waals surface area (Å²) in [5, 5.41) is 4.59. The third-order valence-corrected chi connectivity index (χ3v) is 2.59. The minimum Gasteiger partial charge on any atom is -0.287 e. The van der Waals surface area contributed by atoms with Gasteiger partial charge in [-0.15, -0.1) is 0 Å². The molecule has 71 valence electrons. The summed E-state index contributed by atoms with van der Waals surface area (Å²) in [6.07, 6.45) is 5.76. The lowest BCUT2D eigenvalue weighted by atomic mass is 10.2. The fourth-order valence-corrected chi connectivity index (χ4v) is 1.78. The van der Waals surface area contributed by atoms with Gasteiger partial charge < -0.3 is 0 Å². The van der Waals surface area contributed by atoms with Crippen molar-refractivity contribution in [1.29, 1.82) is 0 Å². The van der Waals surface area contributed by atoms with Gasteiger partial charge in [-0.3, -0.25) is 4.90 Å². The zero-order chi connectivity index (χ0) is 8.81. The molecule has 1 fully saturated rings. The Morgan fingerprint density at radius 3 is 2.75 bits per heavy atom. The largest absolute Gasteiger partial charge is 0.287 e. The molecule has 1 rings (SSSR count). The van der Waals surface area contributed by atoms with Gasteiger partial charge in [0, 0.05) is 6.54 Å². The first-order valence-electron chi connectivity index (χ1n) is 5.29. The molecule has 1 heterocycles. The van der Waals surface area contributed by atoms with Crippen LogP contribution < -0.4 is 5.32 Å². The minimum absolute atomic E-state index is 0.557. The maximum atomic E-state index is 4.59. The van der Waals surface area contributed by atoms with Gasteiger partial charge in [0.2, 0.25) is 0 Å². The quantitative estimate of drug-likeness (QED) is 0.614. The Morgan fingerprint density at radius 2 is 2.25 bits per heavy atom. The van der Waals surface area contributed by atoms with Gasteiger partial charge in [-0.2, -0.15) is 0 Å². The van der Waals surface area contributed by atoms with Crippen LogP contribution in [0.25, 0.3) is 0 Å². The molecule has 0 aliphatic carbocycles. The molecule has 1 saturated heterocycles. The third-order valence-electron chi connectivity index (χ3n) is 2.59. The first-order chi connectivity index (χ1) is 5.88. The molecule has 0 aromatic heterocycles. The number of nitrogens with zero attached hydrogens (tertiary/aromatic N) is 2. The van der Waals surface area contributed by atoms with Crippen molar-refractivity contribution < 1.29 is 0 Å². The average Bonchev–Trinajstić information content (AvgIpc) is 2.59. The van der Waals surface area contributed by atoms with Crippen LogP contribution in [-0.4, -0.2) is 30.7 Å². The van der Waals surface area contributed by atoms with Gasteiger partial charge in [0.05, 0.1) is 6.17 Å². The summed E-state index contributed by atoms with van der Waals surface area (Å²) in [6, 6.07) is 0. The summed E-state index contributed by atoms with van der Waals surface area (Å²) >= 11 is 0. The van der Waals surface area contributed by atoms with Crippen molar-refractivity contribution in [3.63, 3.8) is 0 Å². The van der Waals surface area contributed by atoms with Crippen LogP contribution in [0.3, 0.4) is 0 Å². The van der Waals surface area contributed by atoms with E-state index in [9.17, 15) is 0 Å². The van der Waals surface area contributed by atoms with E-state index in [1.807, 2.05) is 0 Å². The number of hydrogen-bond donors (Lipinski definition) is 0. The van der Waals surface area contributed by atoms with Crippen LogP contribution in [0, 0.1) is 0 Å². The van der Waals surface area contributed by atoms with Gasteiger partial charge in [0.25, 0.3) is 0 Å². The summed E-state index contributed by atoms with van der Waals surface area (Å²) in [6.45, 7) is 7.98. The van der Waals surface area contributed by atoms with E-state index < -0.39 is 0 Å². The van der Waals surface area contributed by atoms with Crippen molar-refractivity contribution in [2.24, 2.45) is 0 Å². The Bertz CT molecular complexity index is 108. The van der Waals surface area contributed by atoms with Gasteiger partial charge in [-0.1, -0.05) is 20.3 Å². The van der Waals surface area contributed by atoms with Crippen LogP contribution in [-0.2, 0) is 0 Å². The number of hydrogen-bond acceptors (Lipinski definition) is 1. The van der Waals surface area contributed by atoms with Crippen LogP contribution >= 0.6 is 0 Å². The van der Waals surface area contributed by atoms with Gasteiger partial charge in [0.1, 0.15) is 0 Å². The number of rotatable bonds is 5. The molecule has 0 aromatic rings. The second-order valence-electron chi connectivity index (χ2n) is 3.51. The Hall–Kier alpha value is -0.0800. The summed E-state index contributed by atoms with van der Waals surface area (Å²) in [7, 11) is 0. The second kappa shape index (κ2) is 5.55. The van der Waals surface area contributed by atoms with Gasteiger partial charge in [-0.25, -0.2) is 5.32 Å². The number of unbranched alkanes of at least 4 members (excludes halogenated alkanes) is 1. The molecule has 0 spiro atoms. The first-order valence-corrected chi connectivity index (χ1v) is 5.29. The molecule has 1 unspecified atom stereocenters. The van der Waals surface area contributed by atoms with Crippen LogP contribution in [0.2, 0.25) is 0 Å². The molecular weight excluding hydrogens is 148 g/mol. The standard InChI is InChI=1S/C10H21N2/c1-3-5-9-12(4-2)10-7-6-8-11-10/h10H,3-9H2,1-2H3. The monoisotopic (exact) mass is 169 g/mol. The van der Waals surface area contributed by atoms with Crippen molar-refractivity contribution in [2.45, 2.75) is 45.7 Å². The fourth-order valence-electron chi connectivity index (χ4n) is 1.78. The maximum Gasteiger partial charge on any atom is 0.0761 e. The fraction of sp³-hybridized carbons (Fsp3) is 1.00. The molecule has 1 aliphatic rings. The van der Waals surface area contributed by atoms with Crippen LogP contribution in [0.1, 0.15) is 39.5 Å². The first kappa shape index (κ1) is 10.0. The molecule has 1 aliphatic heterocycles. The summed E-state index contributed by atoms with van der Waals surface area (Å²) in [5.41, 5.74) is 0. The highest BCUT2D eigenvalue weighted by atomic mass is 15.3. The second-order valence-corrected chi connectivity index (χ2v) is 3.51. The average molecular weight is 169 g/mol.